The first-order valence-electron chi connectivity index (χ1n) is 9.46. The first-order valence-corrected chi connectivity index (χ1v) is 9.46. The van der Waals surface area contributed by atoms with Crippen LogP contribution >= 0.6 is 0 Å². The fourth-order valence-electron chi connectivity index (χ4n) is 2.92. The molecule has 5 nitrogen and oxygen atoms in total. The quantitative estimate of drug-likeness (QED) is 0.706. The maximum atomic E-state index is 12.4. The van der Waals surface area contributed by atoms with Crippen LogP contribution in [0, 0.1) is 0 Å². The van der Waals surface area contributed by atoms with Gasteiger partial charge in [-0.1, -0.05) is 64.1 Å². The lowest BCUT2D eigenvalue weighted by Gasteiger charge is -2.21. The molecule has 1 N–H and O–H groups in total. The number of carbonyl (C=O) groups excluding carboxylic acids is 2. The van der Waals surface area contributed by atoms with Crippen molar-refractivity contribution in [3.05, 3.63) is 59.7 Å². The van der Waals surface area contributed by atoms with Gasteiger partial charge in [-0.15, -0.1) is 0 Å². The van der Waals surface area contributed by atoms with Gasteiger partial charge in [-0.3, -0.25) is 9.59 Å². The van der Waals surface area contributed by atoms with Crippen molar-refractivity contribution in [2.45, 2.75) is 45.4 Å². The van der Waals surface area contributed by atoms with Crippen molar-refractivity contribution in [3.63, 3.8) is 0 Å². The number of hydrogen-bond acceptors (Lipinski definition) is 4. The van der Waals surface area contributed by atoms with Crippen molar-refractivity contribution in [3.8, 4) is 5.75 Å². The number of rotatable bonds is 7. The Morgan fingerprint density at radius 3 is 2.32 bits per heavy atom. The average Bonchev–Trinajstić information content (AvgIpc) is 2.67. The molecule has 28 heavy (non-hydrogen) atoms. The number of nitrogens with one attached hydrogen (secondary N) is 1. The van der Waals surface area contributed by atoms with E-state index in [0.29, 0.717) is 17.9 Å². The first kappa shape index (κ1) is 21.5. The zero-order valence-electron chi connectivity index (χ0n) is 17.2. The molecule has 0 aliphatic heterocycles. The van der Waals surface area contributed by atoms with Gasteiger partial charge in [0.25, 0.3) is 5.91 Å². The molecule has 0 heterocycles. The summed E-state index contributed by atoms with van der Waals surface area (Å²) in [5.41, 5.74) is 2.44. The minimum Gasteiger partial charge on any atom is -0.495 e. The standard InChI is InChI=1S/C23H29NO4/c1-6-18(16-10-8-7-9-11-16)22(26)28-15-21(25)24-19-14-17(23(2,3)4)12-13-20(19)27-5/h7-14,18H,6,15H2,1-5H3,(H,24,25). The Labute approximate surface area is 167 Å². The van der Waals surface area contributed by atoms with E-state index >= 15 is 0 Å². The molecule has 5 heteroatoms. The van der Waals surface area contributed by atoms with Crippen molar-refractivity contribution in [2.75, 3.05) is 19.0 Å². The van der Waals surface area contributed by atoms with E-state index in [-0.39, 0.29) is 17.9 Å². The van der Waals surface area contributed by atoms with Crippen LogP contribution < -0.4 is 10.1 Å². The summed E-state index contributed by atoms with van der Waals surface area (Å²) in [6, 6.07) is 15.1. The summed E-state index contributed by atoms with van der Waals surface area (Å²) in [7, 11) is 1.55. The maximum Gasteiger partial charge on any atom is 0.313 e. The van der Waals surface area contributed by atoms with Crippen molar-refractivity contribution < 1.29 is 19.1 Å². The third-order valence-corrected chi connectivity index (χ3v) is 4.58. The zero-order valence-corrected chi connectivity index (χ0v) is 17.2. The molecule has 150 valence electrons. The van der Waals surface area contributed by atoms with Crippen LogP contribution in [-0.2, 0) is 19.7 Å². The number of esters is 1. The van der Waals surface area contributed by atoms with Gasteiger partial charge < -0.3 is 14.8 Å². The molecule has 0 aliphatic carbocycles. The van der Waals surface area contributed by atoms with E-state index < -0.39 is 11.9 Å². The van der Waals surface area contributed by atoms with E-state index in [2.05, 4.69) is 26.1 Å². The van der Waals surface area contributed by atoms with Crippen LogP contribution in [-0.4, -0.2) is 25.6 Å². The zero-order chi connectivity index (χ0) is 20.7. The topological polar surface area (TPSA) is 64.6 Å². The fraction of sp³-hybridized carbons (Fsp3) is 0.391. The van der Waals surface area contributed by atoms with Gasteiger partial charge in [0, 0.05) is 0 Å². The normalized spacial score (nSPS) is 12.2. The third kappa shape index (κ3) is 5.59. The maximum absolute atomic E-state index is 12.4. The Morgan fingerprint density at radius 1 is 1.07 bits per heavy atom. The third-order valence-electron chi connectivity index (χ3n) is 4.58. The second kappa shape index (κ2) is 9.40. The van der Waals surface area contributed by atoms with E-state index in [9.17, 15) is 9.59 Å². The molecule has 0 saturated carbocycles. The minimum atomic E-state index is -0.403. The number of hydrogen-bond donors (Lipinski definition) is 1. The van der Waals surface area contributed by atoms with Gasteiger partial charge in [-0.2, -0.15) is 0 Å². The highest BCUT2D eigenvalue weighted by molar-refractivity contribution is 5.94. The average molecular weight is 383 g/mol. The van der Waals surface area contributed by atoms with E-state index in [4.69, 9.17) is 9.47 Å². The van der Waals surface area contributed by atoms with Crippen molar-refractivity contribution >= 4 is 17.6 Å². The smallest absolute Gasteiger partial charge is 0.313 e. The Balaban J connectivity index is 2.03. The summed E-state index contributed by atoms with van der Waals surface area (Å²) in [4.78, 5) is 24.8. The molecule has 1 atom stereocenters. The van der Waals surface area contributed by atoms with Gasteiger partial charge in [-0.05, 0) is 35.1 Å². The Morgan fingerprint density at radius 2 is 1.75 bits per heavy atom. The SMILES string of the molecule is CCC(C(=O)OCC(=O)Nc1cc(C(C)(C)C)ccc1OC)c1ccccc1. The highest BCUT2D eigenvalue weighted by Gasteiger charge is 2.22. The summed E-state index contributed by atoms with van der Waals surface area (Å²) >= 11 is 0. The Kier molecular flexibility index (Phi) is 7.21. The molecule has 0 bridgehead atoms. The fourth-order valence-corrected chi connectivity index (χ4v) is 2.92. The predicted molar refractivity (Wildman–Crippen MR) is 111 cm³/mol. The number of ether oxygens (including phenoxy) is 2. The van der Waals surface area contributed by atoms with Crippen LogP contribution in [0.5, 0.6) is 5.75 Å². The van der Waals surface area contributed by atoms with Gasteiger partial charge in [-0.25, -0.2) is 0 Å². The first-order chi connectivity index (χ1) is 13.3. The summed E-state index contributed by atoms with van der Waals surface area (Å²) in [5.74, 6) is -0.629. The van der Waals surface area contributed by atoms with Crippen LogP contribution in [0.15, 0.2) is 48.5 Å². The number of benzene rings is 2. The van der Waals surface area contributed by atoms with Crippen molar-refractivity contribution in [1.82, 2.24) is 0 Å². The molecule has 0 saturated heterocycles. The van der Waals surface area contributed by atoms with Crippen LogP contribution in [0.4, 0.5) is 5.69 Å². The summed E-state index contributed by atoms with van der Waals surface area (Å²) < 4.78 is 10.6. The second-order valence-electron chi connectivity index (χ2n) is 7.69. The summed E-state index contributed by atoms with van der Waals surface area (Å²) in [6.45, 7) is 7.86. The van der Waals surface area contributed by atoms with Crippen molar-refractivity contribution in [2.24, 2.45) is 0 Å². The van der Waals surface area contributed by atoms with Gasteiger partial charge in [0.1, 0.15) is 5.75 Å². The number of methoxy groups -OCH3 is 1. The van der Waals surface area contributed by atoms with E-state index in [1.54, 1.807) is 7.11 Å². The molecule has 2 rings (SSSR count). The predicted octanol–water partition coefficient (Wildman–Crippen LogP) is 4.67. The molecule has 0 aromatic heterocycles. The molecular weight excluding hydrogens is 354 g/mol. The lowest BCUT2D eigenvalue weighted by molar-refractivity contribution is -0.149. The van der Waals surface area contributed by atoms with E-state index in [1.807, 2.05) is 55.5 Å². The van der Waals surface area contributed by atoms with Gasteiger partial charge in [0.15, 0.2) is 6.61 Å². The summed E-state index contributed by atoms with van der Waals surface area (Å²) in [6.07, 6.45) is 0.603. The van der Waals surface area contributed by atoms with Gasteiger partial charge in [0.05, 0.1) is 18.7 Å². The highest BCUT2D eigenvalue weighted by atomic mass is 16.5. The minimum absolute atomic E-state index is 0.0672. The molecule has 1 amide bonds. The number of amides is 1. The summed E-state index contributed by atoms with van der Waals surface area (Å²) in [5, 5.41) is 2.78. The number of anilines is 1. The number of carbonyl (C=O) groups is 2. The van der Waals surface area contributed by atoms with E-state index in [1.165, 1.54) is 0 Å². The van der Waals surface area contributed by atoms with Gasteiger partial charge in [0.2, 0.25) is 0 Å². The van der Waals surface area contributed by atoms with Crippen LogP contribution in [0.2, 0.25) is 0 Å². The Hall–Kier alpha value is -2.82. The molecule has 1 unspecified atom stereocenters. The second-order valence-corrected chi connectivity index (χ2v) is 7.69. The molecule has 0 radical (unpaired) electrons. The van der Waals surface area contributed by atoms with Crippen LogP contribution in [0.3, 0.4) is 0 Å². The van der Waals surface area contributed by atoms with Crippen LogP contribution in [0.25, 0.3) is 0 Å². The molecule has 0 aliphatic rings. The molecule has 2 aromatic rings. The molecule has 0 fully saturated rings. The monoisotopic (exact) mass is 383 g/mol. The van der Waals surface area contributed by atoms with Crippen molar-refractivity contribution in [1.29, 1.82) is 0 Å². The van der Waals surface area contributed by atoms with Crippen LogP contribution in [0.1, 0.15) is 51.2 Å². The Bertz CT molecular complexity index is 809. The lowest BCUT2D eigenvalue weighted by atomic mass is 9.87. The van der Waals surface area contributed by atoms with E-state index in [0.717, 1.165) is 11.1 Å². The molecule has 2 aromatic carbocycles. The highest BCUT2D eigenvalue weighted by Crippen LogP contribution is 2.31. The molecule has 0 spiro atoms. The molecular formula is C23H29NO4. The largest absolute Gasteiger partial charge is 0.495 e. The lowest BCUT2D eigenvalue weighted by Crippen LogP contribution is -2.24. The van der Waals surface area contributed by atoms with Gasteiger partial charge >= 0.3 is 5.97 Å².